The largest absolute Gasteiger partial charge is 0.461 e. The molecule has 0 aliphatic rings. The van der Waals surface area contributed by atoms with Gasteiger partial charge in [-0.3, -0.25) is 4.79 Å². The third-order valence-electron chi connectivity index (χ3n) is 2.49. The van der Waals surface area contributed by atoms with E-state index in [0.29, 0.717) is 10.2 Å². The van der Waals surface area contributed by atoms with E-state index in [4.69, 9.17) is 16.3 Å². The molecule has 1 aromatic carbocycles. The van der Waals surface area contributed by atoms with Crippen LogP contribution in [0.1, 0.15) is 17.4 Å². The van der Waals surface area contributed by atoms with Gasteiger partial charge in [0.15, 0.2) is 0 Å². The molecule has 0 aliphatic carbocycles. The highest BCUT2D eigenvalue weighted by molar-refractivity contribution is 9.10. The highest BCUT2D eigenvalue weighted by Crippen LogP contribution is 2.29. The van der Waals surface area contributed by atoms with E-state index in [1.54, 1.807) is 6.92 Å². The maximum Gasteiger partial charge on any atom is 0.362 e. The van der Waals surface area contributed by atoms with Crippen LogP contribution in [0, 0.1) is 5.82 Å². The normalized spacial score (nSPS) is 10.5. The van der Waals surface area contributed by atoms with Crippen molar-refractivity contribution in [2.45, 2.75) is 6.92 Å². The van der Waals surface area contributed by atoms with Gasteiger partial charge in [0.05, 0.1) is 17.3 Å². The monoisotopic (exact) mass is 374 g/mol. The average molecular weight is 376 g/mol. The number of carbonyl (C=O) groups excluding carboxylic acids is 1. The second-order valence-electron chi connectivity index (χ2n) is 3.91. The Balaban J connectivity index is 2.59. The molecule has 0 unspecified atom stereocenters. The predicted molar refractivity (Wildman–Crippen MR) is 78.5 cm³/mol. The summed E-state index contributed by atoms with van der Waals surface area (Å²) < 4.78 is 19.5. The van der Waals surface area contributed by atoms with Gasteiger partial charge in [-0.1, -0.05) is 11.6 Å². The minimum atomic E-state index is -0.828. The van der Waals surface area contributed by atoms with Crippen LogP contribution in [0.2, 0.25) is 5.02 Å². The average Bonchev–Trinajstić information content (AvgIpc) is 2.39. The Labute approximate surface area is 132 Å². The lowest BCUT2D eigenvalue weighted by atomic mass is 10.3. The molecular formula is C13H9BrClFN2O3. The van der Waals surface area contributed by atoms with E-state index in [2.05, 4.69) is 21.0 Å². The van der Waals surface area contributed by atoms with E-state index < -0.39 is 17.2 Å². The second-order valence-corrected chi connectivity index (χ2v) is 5.17. The molecule has 5 nitrogen and oxygen atoms in total. The SMILES string of the molecule is CCOC(=O)c1nn(-c2c(Cl)cc(F)cc2Br)ccc1=O. The summed E-state index contributed by atoms with van der Waals surface area (Å²) in [7, 11) is 0. The van der Waals surface area contributed by atoms with Gasteiger partial charge in [-0.25, -0.2) is 13.9 Å². The highest BCUT2D eigenvalue weighted by atomic mass is 79.9. The molecule has 110 valence electrons. The van der Waals surface area contributed by atoms with Crippen molar-refractivity contribution in [3.8, 4) is 5.69 Å². The molecule has 21 heavy (non-hydrogen) atoms. The van der Waals surface area contributed by atoms with Crippen LogP contribution in [-0.2, 0) is 4.74 Å². The first kappa shape index (κ1) is 15.7. The Kier molecular flexibility index (Phi) is 4.74. The maximum atomic E-state index is 13.2. The third kappa shape index (κ3) is 3.30. The standard InChI is InChI=1S/C13H9BrClFN2O3/c1-2-21-13(20)11-10(19)3-4-18(17-11)12-8(14)5-7(16)6-9(12)15/h3-6H,2H2,1H3. The summed E-state index contributed by atoms with van der Waals surface area (Å²) in [6, 6.07) is 3.46. The number of carbonyl (C=O) groups is 1. The topological polar surface area (TPSA) is 61.2 Å². The third-order valence-corrected chi connectivity index (χ3v) is 3.38. The fourth-order valence-corrected chi connectivity index (χ4v) is 2.65. The number of rotatable bonds is 3. The van der Waals surface area contributed by atoms with Crippen LogP contribution in [-0.4, -0.2) is 22.4 Å². The number of aromatic nitrogens is 2. The summed E-state index contributed by atoms with van der Waals surface area (Å²) in [5, 5.41) is 3.98. The second kappa shape index (κ2) is 6.36. The molecule has 2 aromatic rings. The summed E-state index contributed by atoms with van der Waals surface area (Å²) in [6.45, 7) is 1.74. The summed E-state index contributed by atoms with van der Waals surface area (Å²) >= 11 is 9.14. The fourth-order valence-electron chi connectivity index (χ4n) is 1.63. The van der Waals surface area contributed by atoms with Crippen molar-refractivity contribution in [1.29, 1.82) is 0 Å². The summed E-state index contributed by atoms with van der Waals surface area (Å²) in [5.74, 6) is -1.35. The van der Waals surface area contributed by atoms with Gasteiger partial charge in [0, 0.05) is 16.7 Å². The Morgan fingerprint density at radius 3 is 2.86 bits per heavy atom. The van der Waals surface area contributed by atoms with Crippen LogP contribution < -0.4 is 5.43 Å². The smallest absolute Gasteiger partial charge is 0.362 e. The zero-order valence-electron chi connectivity index (χ0n) is 10.8. The van der Waals surface area contributed by atoms with Crippen LogP contribution >= 0.6 is 27.5 Å². The molecule has 0 radical (unpaired) electrons. The minimum absolute atomic E-state index is 0.0767. The van der Waals surface area contributed by atoms with Gasteiger partial charge >= 0.3 is 5.97 Å². The van der Waals surface area contributed by atoms with E-state index in [0.717, 1.165) is 12.1 Å². The minimum Gasteiger partial charge on any atom is -0.461 e. The van der Waals surface area contributed by atoms with Crippen molar-refractivity contribution in [3.63, 3.8) is 0 Å². The van der Waals surface area contributed by atoms with Crippen LogP contribution in [0.15, 0.2) is 33.7 Å². The van der Waals surface area contributed by atoms with E-state index in [-0.39, 0.29) is 17.3 Å². The quantitative estimate of drug-likeness (QED) is 0.774. The summed E-state index contributed by atoms with van der Waals surface area (Å²) in [4.78, 5) is 23.3. The van der Waals surface area contributed by atoms with Crippen molar-refractivity contribution < 1.29 is 13.9 Å². The molecule has 0 atom stereocenters. The molecule has 0 bridgehead atoms. The highest BCUT2D eigenvalue weighted by Gasteiger charge is 2.17. The lowest BCUT2D eigenvalue weighted by Crippen LogP contribution is -2.22. The first-order valence-electron chi connectivity index (χ1n) is 5.86. The first-order chi connectivity index (χ1) is 9.93. The number of esters is 1. The predicted octanol–water partition coefficient (Wildman–Crippen LogP) is 2.96. The van der Waals surface area contributed by atoms with Gasteiger partial charge in [0.25, 0.3) is 0 Å². The van der Waals surface area contributed by atoms with Gasteiger partial charge in [0.2, 0.25) is 11.1 Å². The Bertz CT molecular complexity index is 740. The molecule has 0 spiro atoms. The Hall–Kier alpha value is -1.73. The van der Waals surface area contributed by atoms with Crippen molar-refractivity contribution in [2.24, 2.45) is 0 Å². The fraction of sp³-hybridized carbons (Fsp3) is 0.154. The van der Waals surface area contributed by atoms with Gasteiger partial charge in [-0.2, -0.15) is 5.10 Å². The van der Waals surface area contributed by atoms with Crippen LogP contribution in [0.25, 0.3) is 5.69 Å². The van der Waals surface area contributed by atoms with Gasteiger partial charge < -0.3 is 4.74 Å². The van der Waals surface area contributed by atoms with Gasteiger partial charge in [-0.05, 0) is 35.0 Å². The Morgan fingerprint density at radius 1 is 1.52 bits per heavy atom. The van der Waals surface area contributed by atoms with Crippen molar-refractivity contribution >= 4 is 33.5 Å². The molecule has 0 aliphatic heterocycles. The molecule has 0 saturated heterocycles. The number of halogens is 3. The summed E-state index contributed by atoms with van der Waals surface area (Å²) in [5.41, 5.74) is -0.630. The molecule has 0 fully saturated rings. The van der Waals surface area contributed by atoms with Crippen LogP contribution in [0.4, 0.5) is 4.39 Å². The number of nitrogens with zero attached hydrogens (tertiary/aromatic N) is 2. The van der Waals surface area contributed by atoms with Crippen molar-refractivity contribution in [3.05, 3.63) is 55.6 Å². The molecule has 8 heteroatoms. The number of ether oxygens (including phenoxy) is 1. The number of hydrogen-bond acceptors (Lipinski definition) is 4. The van der Waals surface area contributed by atoms with Gasteiger partial charge in [-0.15, -0.1) is 0 Å². The van der Waals surface area contributed by atoms with Crippen LogP contribution in [0.5, 0.6) is 0 Å². The van der Waals surface area contributed by atoms with E-state index in [1.165, 1.54) is 16.9 Å². The van der Waals surface area contributed by atoms with Crippen LogP contribution in [0.3, 0.4) is 0 Å². The van der Waals surface area contributed by atoms with E-state index >= 15 is 0 Å². The number of hydrogen-bond donors (Lipinski definition) is 0. The molecule has 2 rings (SSSR count). The lowest BCUT2D eigenvalue weighted by molar-refractivity contribution is 0.0515. The molecule has 0 saturated carbocycles. The maximum absolute atomic E-state index is 13.2. The number of benzene rings is 1. The molecular weight excluding hydrogens is 367 g/mol. The summed E-state index contributed by atoms with van der Waals surface area (Å²) in [6.07, 6.45) is 1.33. The molecule has 1 heterocycles. The van der Waals surface area contributed by atoms with Crippen molar-refractivity contribution in [2.75, 3.05) is 6.61 Å². The van der Waals surface area contributed by atoms with E-state index in [1.807, 2.05) is 0 Å². The molecule has 0 amide bonds. The van der Waals surface area contributed by atoms with Gasteiger partial charge in [0.1, 0.15) is 5.82 Å². The zero-order valence-corrected chi connectivity index (χ0v) is 13.1. The molecule has 0 N–H and O–H groups in total. The van der Waals surface area contributed by atoms with E-state index in [9.17, 15) is 14.0 Å². The zero-order chi connectivity index (χ0) is 15.6. The molecule has 1 aromatic heterocycles. The lowest BCUT2D eigenvalue weighted by Gasteiger charge is -2.11. The first-order valence-corrected chi connectivity index (χ1v) is 7.03. The van der Waals surface area contributed by atoms with Crippen molar-refractivity contribution in [1.82, 2.24) is 9.78 Å². The Morgan fingerprint density at radius 2 is 2.24 bits per heavy atom.